The van der Waals surface area contributed by atoms with Crippen molar-refractivity contribution in [1.82, 2.24) is 9.13 Å². The number of nitrogens with zero attached hydrogens (tertiary/aromatic N) is 2. The van der Waals surface area contributed by atoms with Crippen LogP contribution in [-0.4, -0.2) is 22.0 Å². The molecule has 0 bridgehead atoms. The van der Waals surface area contributed by atoms with E-state index in [0.717, 1.165) is 17.3 Å². The molecule has 2 aromatic carbocycles. The largest absolute Gasteiger partial charge is 0.492 e. The highest BCUT2D eigenvalue weighted by atomic mass is 16.5. The van der Waals surface area contributed by atoms with Crippen molar-refractivity contribution in [1.29, 1.82) is 0 Å². The fourth-order valence-corrected chi connectivity index (χ4v) is 2.48. The van der Waals surface area contributed by atoms with E-state index in [-0.39, 0.29) is 5.69 Å². The monoisotopic (exact) mass is 296 g/mol. The van der Waals surface area contributed by atoms with Crippen LogP contribution in [0, 0.1) is 0 Å². The first-order chi connectivity index (χ1) is 10.7. The molecule has 112 valence electrons. The second-order valence-electron chi connectivity index (χ2n) is 5.02. The SMILES string of the molecule is Cn1c(=O)n(CCOc2ccc(C=O)cc2)c2ccccc21. The van der Waals surface area contributed by atoms with Gasteiger partial charge in [-0.25, -0.2) is 4.79 Å². The number of fused-ring (bicyclic) bond motifs is 1. The molecular weight excluding hydrogens is 280 g/mol. The minimum absolute atomic E-state index is 0.0545. The number of ether oxygens (including phenoxy) is 1. The van der Waals surface area contributed by atoms with E-state index in [1.54, 1.807) is 40.4 Å². The van der Waals surface area contributed by atoms with Gasteiger partial charge in [-0.05, 0) is 36.4 Å². The molecule has 0 radical (unpaired) electrons. The van der Waals surface area contributed by atoms with E-state index in [9.17, 15) is 9.59 Å². The molecule has 0 saturated heterocycles. The number of aryl methyl sites for hydroxylation is 1. The van der Waals surface area contributed by atoms with Crippen LogP contribution in [0.3, 0.4) is 0 Å². The van der Waals surface area contributed by atoms with E-state index in [4.69, 9.17) is 4.74 Å². The summed E-state index contributed by atoms with van der Waals surface area (Å²) in [6, 6.07) is 14.6. The van der Waals surface area contributed by atoms with Gasteiger partial charge in [0.2, 0.25) is 0 Å². The Balaban J connectivity index is 1.75. The predicted octanol–water partition coefficient (Wildman–Crippen LogP) is 2.23. The van der Waals surface area contributed by atoms with Gasteiger partial charge in [0.15, 0.2) is 0 Å². The molecule has 0 aliphatic heterocycles. The summed E-state index contributed by atoms with van der Waals surface area (Å²) in [5.74, 6) is 0.680. The summed E-state index contributed by atoms with van der Waals surface area (Å²) in [7, 11) is 1.76. The number of carbonyl (C=O) groups excluding carboxylic acids is 1. The molecular formula is C17H16N2O3. The number of imidazole rings is 1. The van der Waals surface area contributed by atoms with Crippen LogP contribution in [0.2, 0.25) is 0 Å². The maximum Gasteiger partial charge on any atom is 0.328 e. The lowest BCUT2D eigenvalue weighted by atomic mass is 10.2. The summed E-state index contributed by atoms with van der Waals surface area (Å²) in [4.78, 5) is 22.8. The number of aromatic nitrogens is 2. The van der Waals surface area contributed by atoms with Crippen LogP contribution in [0.25, 0.3) is 11.0 Å². The van der Waals surface area contributed by atoms with Crippen molar-refractivity contribution in [3.05, 3.63) is 64.6 Å². The van der Waals surface area contributed by atoms with Crippen molar-refractivity contribution in [3.8, 4) is 5.75 Å². The molecule has 5 nitrogen and oxygen atoms in total. The van der Waals surface area contributed by atoms with Crippen LogP contribution in [0.1, 0.15) is 10.4 Å². The molecule has 0 amide bonds. The lowest BCUT2D eigenvalue weighted by molar-refractivity contribution is 0.112. The Morgan fingerprint density at radius 2 is 1.73 bits per heavy atom. The first-order valence-electron chi connectivity index (χ1n) is 7.03. The second kappa shape index (κ2) is 5.89. The quantitative estimate of drug-likeness (QED) is 0.678. The summed E-state index contributed by atoms with van der Waals surface area (Å²) < 4.78 is 8.97. The maximum atomic E-state index is 12.2. The minimum atomic E-state index is -0.0545. The molecule has 0 unspecified atom stereocenters. The van der Waals surface area contributed by atoms with Crippen LogP contribution in [0.15, 0.2) is 53.3 Å². The normalized spacial score (nSPS) is 10.8. The van der Waals surface area contributed by atoms with E-state index in [0.29, 0.717) is 24.5 Å². The van der Waals surface area contributed by atoms with Crippen molar-refractivity contribution in [3.63, 3.8) is 0 Å². The Labute approximate surface area is 127 Å². The predicted molar refractivity (Wildman–Crippen MR) is 84.5 cm³/mol. The average Bonchev–Trinajstić information content (AvgIpc) is 2.81. The number of benzene rings is 2. The Kier molecular flexibility index (Phi) is 3.78. The standard InChI is InChI=1S/C17H16N2O3/c1-18-15-4-2-3-5-16(15)19(17(18)21)10-11-22-14-8-6-13(12-20)7-9-14/h2-9,12H,10-11H2,1H3. The van der Waals surface area contributed by atoms with Gasteiger partial charge in [0.1, 0.15) is 18.6 Å². The third-order valence-corrected chi connectivity index (χ3v) is 3.65. The molecule has 0 aliphatic carbocycles. The van der Waals surface area contributed by atoms with Gasteiger partial charge in [0, 0.05) is 12.6 Å². The molecule has 1 heterocycles. The first kappa shape index (κ1) is 14.1. The van der Waals surface area contributed by atoms with Crippen molar-refractivity contribution in [2.45, 2.75) is 6.54 Å². The van der Waals surface area contributed by atoms with E-state index in [2.05, 4.69) is 0 Å². The van der Waals surface area contributed by atoms with Crippen LogP contribution in [0.4, 0.5) is 0 Å². The highest BCUT2D eigenvalue weighted by Crippen LogP contribution is 2.13. The van der Waals surface area contributed by atoms with Crippen molar-refractivity contribution < 1.29 is 9.53 Å². The van der Waals surface area contributed by atoms with Crippen molar-refractivity contribution >= 4 is 17.3 Å². The van der Waals surface area contributed by atoms with Gasteiger partial charge in [-0.1, -0.05) is 12.1 Å². The second-order valence-corrected chi connectivity index (χ2v) is 5.02. The third kappa shape index (κ3) is 2.53. The van der Waals surface area contributed by atoms with Gasteiger partial charge in [0.05, 0.1) is 17.6 Å². The molecule has 22 heavy (non-hydrogen) atoms. The fraction of sp³-hybridized carbons (Fsp3) is 0.176. The summed E-state index contributed by atoms with van der Waals surface area (Å²) in [5, 5.41) is 0. The molecule has 0 fully saturated rings. The molecule has 3 rings (SSSR count). The van der Waals surface area contributed by atoms with Gasteiger partial charge in [-0.3, -0.25) is 13.9 Å². The number of aldehydes is 1. The number of carbonyl (C=O) groups is 1. The lowest BCUT2D eigenvalue weighted by Gasteiger charge is -2.07. The van der Waals surface area contributed by atoms with Crippen molar-refractivity contribution in [2.24, 2.45) is 7.05 Å². The molecule has 0 aliphatic rings. The van der Waals surface area contributed by atoms with E-state index in [1.165, 1.54) is 0 Å². The van der Waals surface area contributed by atoms with E-state index >= 15 is 0 Å². The van der Waals surface area contributed by atoms with Gasteiger partial charge in [-0.2, -0.15) is 0 Å². The maximum absolute atomic E-state index is 12.2. The zero-order valence-corrected chi connectivity index (χ0v) is 12.2. The molecule has 0 saturated carbocycles. The smallest absolute Gasteiger partial charge is 0.328 e. The third-order valence-electron chi connectivity index (χ3n) is 3.65. The lowest BCUT2D eigenvalue weighted by Crippen LogP contribution is -2.24. The average molecular weight is 296 g/mol. The van der Waals surface area contributed by atoms with Gasteiger partial charge >= 0.3 is 5.69 Å². The molecule has 0 atom stereocenters. The number of hydrogen-bond donors (Lipinski definition) is 0. The van der Waals surface area contributed by atoms with Gasteiger partial charge in [-0.15, -0.1) is 0 Å². The van der Waals surface area contributed by atoms with E-state index < -0.39 is 0 Å². The zero-order valence-electron chi connectivity index (χ0n) is 12.2. The Bertz CT molecular complexity index is 860. The number of rotatable bonds is 5. The van der Waals surface area contributed by atoms with Gasteiger partial charge in [0.25, 0.3) is 0 Å². The highest BCUT2D eigenvalue weighted by Gasteiger charge is 2.09. The van der Waals surface area contributed by atoms with Crippen LogP contribution < -0.4 is 10.4 Å². The molecule has 0 spiro atoms. The van der Waals surface area contributed by atoms with Crippen LogP contribution in [-0.2, 0) is 13.6 Å². The molecule has 5 heteroatoms. The summed E-state index contributed by atoms with van der Waals surface area (Å²) >= 11 is 0. The molecule has 3 aromatic rings. The number of hydrogen-bond acceptors (Lipinski definition) is 3. The Morgan fingerprint density at radius 1 is 1.05 bits per heavy atom. The molecule has 1 aromatic heterocycles. The van der Waals surface area contributed by atoms with E-state index in [1.807, 2.05) is 24.3 Å². The zero-order chi connectivity index (χ0) is 15.5. The number of para-hydroxylation sites is 2. The first-order valence-corrected chi connectivity index (χ1v) is 7.03. The molecule has 0 N–H and O–H groups in total. The van der Waals surface area contributed by atoms with Gasteiger partial charge < -0.3 is 4.74 Å². The Hall–Kier alpha value is -2.82. The Morgan fingerprint density at radius 3 is 2.41 bits per heavy atom. The van der Waals surface area contributed by atoms with Crippen molar-refractivity contribution in [2.75, 3.05) is 6.61 Å². The summed E-state index contributed by atoms with van der Waals surface area (Å²) in [5.41, 5.74) is 2.36. The van der Waals surface area contributed by atoms with Crippen LogP contribution in [0.5, 0.6) is 5.75 Å². The topological polar surface area (TPSA) is 53.2 Å². The fourth-order valence-electron chi connectivity index (χ4n) is 2.48. The highest BCUT2D eigenvalue weighted by molar-refractivity contribution is 5.76. The van der Waals surface area contributed by atoms with Crippen LogP contribution >= 0.6 is 0 Å². The summed E-state index contributed by atoms with van der Waals surface area (Å²) in [6.45, 7) is 0.851. The minimum Gasteiger partial charge on any atom is -0.492 e. The summed E-state index contributed by atoms with van der Waals surface area (Å²) in [6.07, 6.45) is 0.791.